The second-order valence-corrected chi connectivity index (χ2v) is 8.13. The van der Waals surface area contributed by atoms with Crippen molar-refractivity contribution in [2.75, 3.05) is 18.2 Å². The predicted molar refractivity (Wildman–Crippen MR) is 125 cm³/mol. The number of para-hydroxylation sites is 2. The number of rotatable bonds is 9. The molecule has 0 unspecified atom stereocenters. The van der Waals surface area contributed by atoms with Crippen LogP contribution in [0.3, 0.4) is 0 Å². The van der Waals surface area contributed by atoms with E-state index in [9.17, 15) is 9.59 Å². The molecule has 3 aromatic rings. The molecular weight excluding hydrogens is 426 g/mol. The fourth-order valence-corrected chi connectivity index (χ4v) is 3.95. The lowest BCUT2D eigenvalue weighted by molar-refractivity contribution is -0.113. The molecule has 1 atom stereocenters. The Kier molecular flexibility index (Phi) is 7.88. The summed E-state index contributed by atoms with van der Waals surface area (Å²) in [6.45, 7) is 6.43. The van der Waals surface area contributed by atoms with E-state index in [2.05, 4.69) is 20.8 Å². The van der Waals surface area contributed by atoms with E-state index in [1.54, 1.807) is 31.4 Å². The lowest BCUT2D eigenvalue weighted by Gasteiger charge is -2.15. The molecule has 2 aromatic carbocycles. The smallest absolute Gasteiger partial charge is 0.251 e. The van der Waals surface area contributed by atoms with Crippen molar-refractivity contribution in [2.24, 2.45) is 0 Å². The topological polar surface area (TPSA) is 98.1 Å². The van der Waals surface area contributed by atoms with E-state index in [-0.39, 0.29) is 23.6 Å². The third-order valence-electron chi connectivity index (χ3n) is 4.82. The molecule has 32 heavy (non-hydrogen) atoms. The number of methoxy groups -OCH3 is 1. The number of thioether (sulfide) groups is 1. The second kappa shape index (κ2) is 10.8. The first-order valence-electron chi connectivity index (χ1n) is 10.3. The van der Waals surface area contributed by atoms with Crippen LogP contribution in [0, 0.1) is 6.92 Å². The lowest BCUT2D eigenvalue weighted by atomic mass is 10.1. The molecule has 0 spiro atoms. The molecule has 2 N–H and O–H groups in total. The van der Waals surface area contributed by atoms with E-state index in [0.29, 0.717) is 34.5 Å². The quantitative estimate of drug-likeness (QED) is 0.478. The summed E-state index contributed by atoms with van der Waals surface area (Å²) in [6, 6.07) is 14.3. The van der Waals surface area contributed by atoms with Gasteiger partial charge >= 0.3 is 0 Å². The number of nitrogens with zero attached hydrogens (tertiary/aromatic N) is 3. The van der Waals surface area contributed by atoms with Gasteiger partial charge in [0.15, 0.2) is 11.0 Å². The monoisotopic (exact) mass is 453 g/mol. The van der Waals surface area contributed by atoms with E-state index in [1.165, 1.54) is 11.8 Å². The summed E-state index contributed by atoms with van der Waals surface area (Å²) in [5.74, 6) is 1.06. The number of carbonyl (C=O) groups excluding carboxylic acids is 2. The van der Waals surface area contributed by atoms with E-state index in [4.69, 9.17) is 4.74 Å². The molecule has 0 aliphatic rings. The first kappa shape index (κ1) is 23.3. The molecule has 2 amide bonds. The zero-order chi connectivity index (χ0) is 23.1. The molecule has 0 aliphatic carbocycles. The Morgan fingerprint density at radius 3 is 2.53 bits per heavy atom. The summed E-state index contributed by atoms with van der Waals surface area (Å²) in [4.78, 5) is 25.0. The number of aryl methyl sites for hydroxylation is 1. The Morgan fingerprint density at radius 1 is 1.12 bits per heavy atom. The maximum Gasteiger partial charge on any atom is 0.251 e. The second-order valence-electron chi connectivity index (χ2n) is 7.18. The number of anilines is 1. The first-order chi connectivity index (χ1) is 15.4. The number of nitrogens with one attached hydrogen (secondary N) is 2. The van der Waals surface area contributed by atoms with Gasteiger partial charge in [0.2, 0.25) is 5.91 Å². The summed E-state index contributed by atoms with van der Waals surface area (Å²) < 4.78 is 7.17. The van der Waals surface area contributed by atoms with Gasteiger partial charge in [0.1, 0.15) is 5.75 Å². The van der Waals surface area contributed by atoms with Gasteiger partial charge in [-0.2, -0.15) is 0 Å². The summed E-state index contributed by atoms with van der Waals surface area (Å²) in [6.07, 6.45) is 0. The largest absolute Gasteiger partial charge is 0.495 e. The Balaban J connectivity index is 1.63. The van der Waals surface area contributed by atoms with Crippen molar-refractivity contribution in [3.8, 4) is 5.75 Å². The third-order valence-corrected chi connectivity index (χ3v) is 5.79. The van der Waals surface area contributed by atoms with Gasteiger partial charge in [0.05, 0.1) is 24.6 Å². The summed E-state index contributed by atoms with van der Waals surface area (Å²) in [5, 5.41) is 14.9. The van der Waals surface area contributed by atoms with Crippen LogP contribution >= 0.6 is 11.8 Å². The fraction of sp³-hybridized carbons (Fsp3) is 0.304. The van der Waals surface area contributed by atoms with E-state index in [1.807, 2.05) is 49.6 Å². The van der Waals surface area contributed by atoms with Crippen LogP contribution in [0.1, 0.15) is 41.6 Å². The van der Waals surface area contributed by atoms with Crippen LogP contribution in [0.4, 0.5) is 5.69 Å². The number of aromatic nitrogens is 3. The van der Waals surface area contributed by atoms with Crippen LogP contribution in [0.5, 0.6) is 5.75 Å². The number of ether oxygens (including phenoxy) is 1. The molecule has 0 fully saturated rings. The van der Waals surface area contributed by atoms with Gasteiger partial charge in [-0.3, -0.25) is 9.59 Å². The van der Waals surface area contributed by atoms with E-state index in [0.717, 1.165) is 5.56 Å². The minimum absolute atomic E-state index is 0.167. The van der Waals surface area contributed by atoms with Gasteiger partial charge in [-0.25, -0.2) is 0 Å². The molecular formula is C23H27N5O3S. The predicted octanol–water partition coefficient (Wildman–Crippen LogP) is 3.84. The lowest BCUT2D eigenvalue weighted by Crippen LogP contribution is -2.28. The highest BCUT2D eigenvalue weighted by Crippen LogP contribution is 2.25. The Bertz CT molecular complexity index is 1080. The molecule has 1 heterocycles. The molecule has 9 heteroatoms. The number of carbonyl (C=O) groups is 2. The third kappa shape index (κ3) is 5.67. The molecule has 8 nitrogen and oxygen atoms in total. The van der Waals surface area contributed by atoms with Gasteiger partial charge in [0.25, 0.3) is 5.91 Å². The average Bonchev–Trinajstić information content (AvgIpc) is 3.21. The van der Waals surface area contributed by atoms with Gasteiger partial charge in [-0.1, -0.05) is 41.6 Å². The molecule has 0 saturated carbocycles. The van der Waals surface area contributed by atoms with E-state index < -0.39 is 0 Å². The van der Waals surface area contributed by atoms with Crippen molar-refractivity contribution in [1.29, 1.82) is 0 Å². The maximum atomic E-state index is 12.6. The van der Waals surface area contributed by atoms with Crippen molar-refractivity contribution in [3.05, 3.63) is 65.5 Å². The summed E-state index contributed by atoms with van der Waals surface area (Å²) >= 11 is 1.29. The highest BCUT2D eigenvalue weighted by Gasteiger charge is 2.20. The molecule has 0 bridgehead atoms. The van der Waals surface area contributed by atoms with Gasteiger partial charge in [0, 0.05) is 12.1 Å². The highest BCUT2D eigenvalue weighted by atomic mass is 32.2. The van der Waals surface area contributed by atoms with Crippen molar-refractivity contribution in [1.82, 2.24) is 20.1 Å². The number of amides is 2. The van der Waals surface area contributed by atoms with Crippen molar-refractivity contribution in [2.45, 2.75) is 38.5 Å². The van der Waals surface area contributed by atoms with Gasteiger partial charge in [-0.05, 0) is 45.0 Å². The van der Waals surface area contributed by atoms with Crippen LogP contribution in [0.2, 0.25) is 0 Å². The normalized spacial score (nSPS) is 11.6. The molecule has 1 aromatic heterocycles. The van der Waals surface area contributed by atoms with Crippen LogP contribution in [0.15, 0.2) is 53.7 Å². The van der Waals surface area contributed by atoms with Crippen molar-refractivity contribution < 1.29 is 14.3 Å². The molecule has 0 radical (unpaired) electrons. The van der Waals surface area contributed by atoms with Crippen molar-refractivity contribution >= 4 is 29.3 Å². The molecule has 168 valence electrons. The highest BCUT2D eigenvalue weighted by molar-refractivity contribution is 7.99. The van der Waals surface area contributed by atoms with Gasteiger partial charge in [-0.15, -0.1) is 10.2 Å². The number of benzene rings is 2. The molecule has 0 aliphatic heterocycles. The first-order valence-corrected chi connectivity index (χ1v) is 11.3. The van der Waals surface area contributed by atoms with E-state index >= 15 is 0 Å². The van der Waals surface area contributed by atoms with Crippen LogP contribution in [-0.4, -0.2) is 39.4 Å². The SMILES string of the molecule is CCn1c(SCC(=O)Nc2ccccc2OC)nnc1[C@H](C)NC(=O)c1ccc(C)cc1. The standard InChI is InChI=1S/C23H27N5O3S/c1-5-28-21(16(3)24-22(30)17-12-10-15(2)11-13-17)26-27-23(28)32-14-20(29)25-18-8-6-7-9-19(18)31-4/h6-13,16H,5,14H2,1-4H3,(H,24,30)(H,25,29)/t16-/m0/s1. The maximum absolute atomic E-state index is 12.6. The summed E-state index contributed by atoms with van der Waals surface area (Å²) in [7, 11) is 1.56. The minimum Gasteiger partial charge on any atom is -0.495 e. The van der Waals surface area contributed by atoms with Crippen LogP contribution in [-0.2, 0) is 11.3 Å². The Hall–Kier alpha value is -3.33. The minimum atomic E-state index is -0.340. The van der Waals surface area contributed by atoms with Crippen molar-refractivity contribution in [3.63, 3.8) is 0 Å². The number of hydrogen-bond donors (Lipinski definition) is 2. The Morgan fingerprint density at radius 2 is 1.84 bits per heavy atom. The van der Waals surface area contributed by atoms with Gasteiger partial charge < -0.3 is 19.9 Å². The van der Waals surface area contributed by atoms with Crippen LogP contribution in [0.25, 0.3) is 0 Å². The van der Waals surface area contributed by atoms with Crippen LogP contribution < -0.4 is 15.4 Å². The zero-order valence-corrected chi connectivity index (χ0v) is 19.4. The molecule has 0 saturated heterocycles. The average molecular weight is 454 g/mol. The summed E-state index contributed by atoms with van der Waals surface area (Å²) in [5.41, 5.74) is 2.30. The molecule has 3 rings (SSSR count). The fourth-order valence-electron chi connectivity index (χ4n) is 3.14. The number of hydrogen-bond acceptors (Lipinski definition) is 6. The zero-order valence-electron chi connectivity index (χ0n) is 18.6. The Labute approximate surface area is 191 Å².